The third-order valence-electron chi connectivity index (χ3n) is 6.35. The molecule has 0 aliphatic heterocycles. The van der Waals surface area contributed by atoms with Gasteiger partial charge >= 0.3 is 0 Å². The van der Waals surface area contributed by atoms with E-state index in [1.165, 1.54) is 54.7 Å². The normalized spacial score (nSPS) is 11.5. The summed E-state index contributed by atoms with van der Waals surface area (Å²) in [6.07, 6.45) is 6.48. The first-order valence-electron chi connectivity index (χ1n) is 11.4. The van der Waals surface area contributed by atoms with Gasteiger partial charge in [-0.2, -0.15) is 0 Å². The van der Waals surface area contributed by atoms with Crippen LogP contribution in [0.15, 0.2) is 110 Å². The molecular formula is C31H28N2. The average molecular weight is 429 g/mol. The van der Waals surface area contributed by atoms with Crippen molar-refractivity contribution in [2.24, 2.45) is 7.05 Å². The van der Waals surface area contributed by atoms with Crippen LogP contribution in [-0.4, -0.2) is 9.55 Å². The molecule has 0 saturated heterocycles. The summed E-state index contributed by atoms with van der Waals surface area (Å²) >= 11 is 0. The van der Waals surface area contributed by atoms with Gasteiger partial charge in [-0.1, -0.05) is 97.6 Å². The number of benzene rings is 4. The van der Waals surface area contributed by atoms with Crippen LogP contribution < -0.4 is 0 Å². The summed E-state index contributed by atoms with van der Waals surface area (Å²) in [5, 5.41) is 5.25. The van der Waals surface area contributed by atoms with Crippen molar-refractivity contribution in [3.63, 3.8) is 0 Å². The van der Waals surface area contributed by atoms with Crippen LogP contribution in [0.3, 0.4) is 0 Å². The standard InChI is InChI=1S/C26H20N2.C5H8/c1-28-24-15-5-3-11-20(24)22-13-7-9-18(26(22)28)16-17-8-6-12-21-19-10-2-4-14-23(19)27-25(17)21;1-3-5-4-2/h2-15,27H,16H2,1H3;3-5H,1H2,2H3/b;5-4-. The maximum atomic E-state index is 3.65. The average Bonchev–Trinajstić information content (AvgIpc) is 3.38. The minimum atomic E-state index is 0.908. The van der Waals surface area contributed by atoms with Crippen molar-refractivity contribution in [3.8, 4) is 0 Å². The summed E-state index contributed by atoms with van der Waals surface area (Å²) in [6, 6.07) is 30.6. The van der Waals surface area contributed by atoms with E-state index >= 15 is 0 Å². The van der Waals surface area contributed by atoms with Gasteiger partial charge in [0.25, 0.3) is 0 Å². The number of aromatic nitrogens is 2. The Morgan fingerprint density at radius 1 is 0.758 bits per heavy atom. The molecular weight excluding hydrogens is 400 g/mol. The van der Waals surface area contributed by atoms with Gasteiger partial charge in [-0.25, -0.2) is 0 Å². The van der Waals surface area contributed by atoms with Gasteiger partial charge in [0.05, 0.1) is 11.0 Å². The minimum absolute atomic E-state index is 0.908. The van der Waals surface area contributed by atoms with E-state index in [4.69, 9.17) is 0 Å². The van der Waals surface area contributed by atoms with Crippen LogP contribution in [0, 0.1) is 0 Å². The van der Waals surface area contributed by atoms with Crippen molar-refractivity contribution in [2.45, 2.75) is 13.3 Å². The Hall–Kier alpha value is -4.04. The Kier molecular flexibility index (Phi) is 5.58. The third-order valence-corrected chi connectivity index (χ3v) is 6.35. The lowest BCUT2D eigenvalue weighted by atomic mass is 9.99. The fourth-order valence-corrected chi connectivity index (χ4v) is 4.88. The van der Waals surface area contributed by atoms with Crippen LogP contribution in [0.1, 0.15) is 18.1 Å². The molecule has 6 rings (SSSR count). The molecule has 0 amide bonds. The molecule has 0 unspecified atom stereocenters. The lowest BCUT2D eigenvalue weighted by molar-refractivity contribution is 1.00. The van der Waals surface area contributed by atoms with E-state index in [2.05, 4.69) is 108 Å². The summed E-state index contributed by atoms with van der Waals surface area (Å²) in [6.45, 7) is 5.42. The van der Waals surface area contributed by atoms with Gasteiger partial charge in [-0.05, 0) is 30.2 Å². The zero-order valence-electron chi connectivity index (χ0n) is 19.2. The number of hydrogen-bond acceptors (Lipinski definition) is 0. The van der Waals surface area contributed by atoms with Crippen LogP contribution in [0.25, 0.3) is 43.6 Å². The van der Waals surface area contributed by atoms with Gasteiger partial charge in [0.1, 0.15) is 0 Å². The molecule has 0 atom stereocenters. The van der Waals surface area contributed by atoms with Crippen molar-refractivity contribution in [1.29, 1.82) is 0 Å². The van der Waals surface area contributed by atoms with Crippen molar-refractivity contribution in [3.05, 3.63) is 121 Å². The van der Waals surface area contributed by atoms with E-state index in [1.807, 2.05) is 19.1 Å². The van der Waals surface area contributed by atoms with Gasteiger partial charge in [0, 0.05) is 46.0 Å². The summed E-state index contributed by atoms with van der Waals surface area (Å²) in [4.78, 5) is 3.65. The molecule has 0 aliphatic rings. The number of rotatable bonds is 3. The van der Waals surface area contributed by atoms with Gasteiger partial charge in [-0.15, -0.1) is 0 Å². The highest BCUT2D eigenvalue weighted by atomic mass is 14.9. The van der Waals surface area contributed by atoms with Gasteiger partial charge < -0.3 is 9.55 Å². The maximum absolute atomic E-state index is 3.65. The molecule has 162 valence electrons. The lowest BCUT2D eigenvalue weighted by Gasteiger charge is -2.08. The van der Waals surface area contributed by atoms with Crippen molar-refractivity contribution < 1.29 is 0 Å². The van der Waals surface area contributed by atoms with Crippen molar-refractivity contribution in [2.75, 3.05) is 0 Å². The van der Waals surface area contributed by atoms with Gasteiger partial charge in [0.15, 0.2) is 0 Å². The first kappa shape index (κ1) is 20.8. The van der Waals surface area contributed by atoms with E-state index < -0.39 is 0 Å². The van der Waals surface area contributed by atoms with Gasteiger partial charge in [0.2, 0.25) is 0 Å². The number of H-pyrrole nitrogens is 1. The predicted octanol–water partition coefficient (Wildman–Crippen LogP) is 8.31. The minimum Gasteiger partial charge on any atom is -0.354 e. The molecule has 0 fully saturated rings. The SMILES string of the molecule is C=C/C=C\C.Cn1c2ccccc2c2cccc(Cc3cccc4c3[nH]c3ccccc34)c21. The fraction of sp³-hybridized carbons (Fsp3) is 0.0968. The summed E-state index contributed by atoms with van der Waals surface area (Å²) < 4.78 is 2.34. The van der Waals surface area contributed by atoms with Crippen LogP contribution in [0.4, 0.5) is 0 Å². The molecule has 0 bridgehead atoms. The Labute approximate surface area is 194 Å². The number of aryl methyl sites for hydroxylation is 1. The molecule has 2 heterocycles. The van der Waals surface area contributed by atoms with E-state index in [0.29, 0.717) is 0 Å². The molecule has 2 nitrogen and oxygen atoms in total. The van der Waals surface area contributed by atoms with E-state index in [0.717, 1.165) is 6.42 Å². The second-order valence-electron chi connectivity index (χ2n) is 8.34. The van der Waals surface area contributed by atoms with Crippen molar-refractivity contribution in [1.82, 2.24) is 9.55 Å². The monoisotopic (exact) mass is 428 g/mol. The second-order valence-corrected chi connectivity index (χ2v) is 8.34. The fourth-order valence-electron chi connectivity index (χ4n) is 4.88. The number of para-hydroxylation sites is 4. The Morgan fingerprint density at radius 3 is 2.18 bits per heavy atom. The summed E-state index contributed by atoms with van der Waals surface area (Å²) in [5.74, 6) is 0. The van der Waals surface area contributed by atoms with E-state index in [1.54, 1.807) is 6.08 Å². The molecule has 0 spiro atoms. The molecule has 2 heteroatoms. The number of hydrogen-bond donors (Lipinski definition) is 1. The highest BCUT2D eigenvalue weighted by Gasteiger charge is 2.13. The van der Waals surface area contributed by atoms with E-state index in [-0.39, 0.29) is 0 Å². The zero-order valence-corrected chi connectivity index (χ0v) is 19.2. The Balaban J connectivity index is 0.000000416. The molecule has 6 aromatic rings. The third kappa shape index (κ3) is 3.64. The smallest absolute Gasteiger partial charge is 0.0524 e. The first-order chi connectivity index (χ1) is 16.2. The quantitative estimate of drug-likeness (QED) is 0.274. The van der Waals surface area contributed by atoms with E-state index in [9.17, 15) is 0 Å². The predicted molar refractivity (Wildman–Crippen MR) is 144 cm³/mol. The lowest BCUT2D eigenvalue weighted by Crippen LogP contribution is -1.95. The number of nitrogens with zero attached hydrogens (tertiary/aromatic N) is 1. The van der Waals surface area contributed by atoms with Crippen LogP contribution >= 0.6 is 0 Å². The maximum Gasteiger partial charge on any atom is 0.0524 e. The van der Waals surface area contributed by atoms with Crippen molar-refractivity contribution >= 4 is 43.6 Å². The largest absolute Gasteiger partial charge is 0.354 e. The summed E-state index contributed by atoms with van der Waals surface area (Å²) in [5.41, 5.74) is 7.77. The number of allylic oxidation sites excluding steroid dienone is 3. The molecule has 0 radical (unpaired) electrons. The molecule has 4 aromatic carbocycles. The molecule has 0 aliphatic carbocycles. The Bertz CT molecular complexity index is 1630. The number of fused-ring (bicyclic) bond motifs is 6. The summed E-state index contributed by atoms with van der Waals surface area (Å²) in [7, 11) is 2.18. The highest BCUT2D eigenvalue weighted by Crippen LogP contribution is 2.33. The number of aromatic amines is 1. The van der Waals surface area contributed by atoms with Crippen LogP contribution in [-0.2, 0) is 13.5 Å². The Morgan fingerprint density at radius 2 is 1.42 bits per heavy atom. The highest BCUT2D eigenvalue weighted by molar-refractivity contribution is 6.10. The second kappa shape index (κ2) is 8.84. The molecule has 33 heavy (non-hydrogen) atoms. The molecule has 2 aromatic heterocycles. The van der Waals surface area contributed by atoms with Crippen LogP contribution in [0.5, 0.6) is 0 Å². The topological polar surface area (TPSA) is 20.7 Å². The van der Waals surface area contributed by atoms with Crippen LogP contribution in [0.2, 0.25) is 0 Å². The molecule has 1 N–H and O–H groups in total. The zero-order chi connectivity index (χ0) is 22.8. The first-order valence-corrected chi connectivity index (χ1v) is 11.4. The van der Waals surface area contributed by atoms with Gasteiger partial charge in [-0.3, -0.25) is 0 Å². The molecule has 0 saturated carbocycles. The number of nitrogens with one attached hydrogen (secondary N) is 1.